The van der Waals surface area contributed by atoms with Gasteiger partial charge in [-0.3, -0.25) is 0 Å². The number of anilines is 6. The van der Waals surface area contributed by atoms with E-state index in [1.54, 1.807) is 18.2 Å². The van der Waals surface area contributed by atoms with Gasteiger partial charge in [-0.1, -0.05) is 42.5 Å². The van der Waals surface area contributed by atoms with Gasteiger partial charge in [0.2, 0.25) is 17.8 Å². The van der Waals surface area contributed by atoms with Crippen LogP contribution in [-0.4, -0.2) is 15.0 Å². The Bertz CT molecular complexity index is 1130. The number of benzene rings is 3. The van der Waals surface area contributed by atoms with E-state index in [-0.39, 0.29) is 0 Å². The van der Waals surface area contributed by atoms with Crippen molar-refractivity contribution in [1.82, 2.24) is 15.0 Å². The number of alkyl halides is 1. The maximum Gasteiger partial charge on any atom is 0.233 e. The number of aromatic nitrogens is 3. The van der Waals surface area contributed by atoms with E-state index in [0.717, 1.165) is 22.5 Å². The molecule has 0 amide bonds. The van der Waals surface area contributed by atoms with E-state index in [1.807, 2.05) is 68.4 Å². The smallest absolute Gasteiger partial charge is 0.233 e. The summed E-state index contributed by atoms with van der Waals surface area (Å²) in [5, 5.41) is 9.56. The maximum absolute atomic E-state index is 13.4. The molecule has 0 saturated heterocycles. The zero-order chi connectivity index (χ0) is 21.6. The van der Waals surface area contributed by atoms with Crippen LogP contribution in [0.15, 0.2) is 72.8 Å². The fourth-order valence-electron chi connectivity index (χ4n) is 3.13. The van der Waals surface area contributed by atoms with Gasteiger partial charge in [0.1, 0.15) is 6.67 Å². The Kier molecular flexibility index (Phi) is 6.03. The van der Waals surface area contributed by atoms with Gasteiger partial charge in [0, 0.05) is 22.6 Å². The Morgan fingerprint density at radius 3 is 1.68 bits per heavy atom. The molecule has 0 atom stereocenters. The summed E-state index contributed by atoms with van der Waals surface area (Å²) < 4.78 is 13.4. The van der Waals surface area contributed by atoms with Crippen molar-refractivity contribution < 1.29 is 4.39 Å². The SMILES string of the molecule is Cc1cccc(Nc2nc(Nc3cccc(C)c3)nc(Nc3ccccc3CF)n2)c1. The second kappa shape index (κ2) is 9.21. The molecule has 31 heavy (non-hydrogen) atoms. The summed E-state index contributed by atoms with van der Waals surface area (Å²) >= 11 is 0. The van der Waals surface area contributed by atoms with E-state index in [0.29, 0.717) is 29.1 Å². The van der Waals surface area contributed by atoms with E-state index < -0.39 is 6.67 Å². The lowest BCUT2D eigenvalue weighted by molar-refractivity contribution is 0.486. The van der Waals surface area contributed by atoms with Gasteiger partial charge in [-0.2, -0.15) is 15.0 Å². The summed E-state index contributed by atoms with van der Waals surface area (Å²) in [5.41, 5.74) is 5.11. The van der Waals surface area contributed by atoms with E-state index in [4.69, 9.17) is 0 Å². The third-order valence-corrected chi connectivity index (χ3v) is 4.59. The molecular formula is C24H23FN6. The average molecular weight is 414 g/mol. The highest BCUT2D eigenvalue weighted by Crippen LogP contribution is 2.23. The fraction of sp³-hybridized carbons (Fsp3) is 0.125. The van der Waals surface area contributed by atoms with Crippen LogP contribution in [0.1, 0.15) is 16.7 Å². The molecule has 0 spiro atoms. The zero-order valence-corrected chi connectivity index (χ0v) is 17.4. The normalized spacial score (nSPS) is 10.5. The van der Waals surface area contributed by atoms with Crippen LogP contribution in [0, 0.1) is 13.8 Å². The van der Waals surface area contributed by atoms with Crippen molar-refractivity contribution in [2.24, 2.45) is 0 Å². The Labute approximate surface area is 180 Å². The monoisotopic (exact) mass is 414 g/mol. The molecule has 0 aliphatic carbocycles. The van der Waals surface area contributed by atoms with Crippen molar-refractivity contribution in [3.05, 3.63) is 89.5 Å². The van der Waals surface area contributed by atoms with Crippen LogP contribution in [0.3, 0.4) is 0 Å². The van der Waals surface area contributed by atoms with Gasteiger partial charge in [-0.05, 0) is 55.3 Å². The minimum atomic E-state index is -0.586. The standard InChI is InChI=1S/C24H23FN6/c1-16-7-5-10-19(13-16)26-22-29-23(27-20-11-6-8-17(2)14-20)31-24(30-22)28-21-12-4-3-9-18(21)15-25/h3-14H,15H2,1-2H3,(H3,26,27,28,29,30,31). The fourth-order valence-corrected chi connectivity index (χ4v) is 3.13. The minimum Gasteiger partial charge on any atom is -0.324 e. The number of hydrogen-bond donors (Lipinski definition) is 3. The Hall–Kier alpha value is -4.00. The van der Waals surface area contributed by atoms with Crippen molar-refractivity contribution in [1.29, 1.82) is 0 Å². The van der Waals surface area contributed by atoms with Gasteiger partial charge in [-0.15, -0.1) is 0 Å². The lowest BCUT2D eigenvalue weighted by atomic mass is 10.2. The van der Waals surface area contributed by atoms with Gasteiger partial charge in [0.25, 0.3) is 0 Å². The Morgan fingerprint density at radius 2 is 1.16 bits per heavy atom. The van der Waals surface area contributed by atoms with Crippen molar-refractivity contribution in [3.8, 4) is 0 Å². The minimum absolute atomic E-state index is 0.307. The highest BCUT2D eigenvalue weighted by molar-refractivity contribution is 5.63. The van der Waals surface area contributed by atoms with Crippen molar-refractivity contribution >= 4 is 34.9 Å². The molecule has 0 radical (unpaired) electrons. The lowest BCUT2D eigenvalue weighted by Crippen LogP contribution is -2.08. The average Bonchev–Trinajstić information content (AvgIpc) is 2.74. The second-order valence-electron chi connectivity index (χ2n) is 7.21. The molecule has 0 bridgehead atoms. The summed E-state index contributed by atoms with van der Waals surface area (Å²) in [6.07, 6.45) is 0. The number of rotatable bonds is 7. The molecule has 1 aromatic heterocycles. The first kappa shape index (κ1) is 20.3. The topological polar surface area (TPSA) is 74.8 Å². The number of para-hydroxylation sites is 1. The number of halogens is 1. The molecule has 3 aromatic carbocycles. The van der Waals surface area contributed by atoms with Crippen LogP contribution < -0.4 is 16.0 Å². The van der Waals surface area contributed by atoms with Gasteiger partial charge >= 0.3 is 0 Å². The van der Waals surface area contributed by atoms with Gasteiger partial charge < -0.3 is 16.0 Å². The highest BCUT2D eigenvalue weighted by atomic mass is 19.1. The second-order valence-corrected chi connectivity index (χ2v) is 7.21. The first-order chi connectivity index (χ1) is 15.1. The predicted octanol–water partition coefficient (Wildman–Crippen LogP) is 6.19. The van der Waals surface area contributed by atoms with E-state index in [9.17, 15) is 4.39 Å². The quantitative estimate of drug-likeness (QED) is 0.335. The van der Waals surface area contributed by atoms with Crippen LogP contribution in [0.25, 0.3) is 0 Å². The molecule has 4 aromatic rings. The molecule has 0 fully saturated rings. The van der Waals surface area contributed by atoms with Crippen molar-refractivity contribution in [3.63, 3.8) is 0 Å². The molecule has 0 saturated carbocycles. The first-order valence-corrected chi connectivity index (χ1v) is 9.93. The number of aryl methyl sites for hydroxylation is 2. The summed E-state index contributed by atoms with van der Waals surface area (Å²) in [4.78, 5) is 13.5. The summed E-state index contributed by atoms with van der Waals surface area (Å²) in [6.45, 7) is 3.45. The lowest BCUT2D eigenvalue weighted by Gasteiger charge is -2.13. The summed E-state index contributed by atoms with van der Waals surface area (Å²) in [7, 11) is 0. The van der Waals surface area contributed by atoms with Gasteiger partial charge in [0.05, 0.1) is 0 Å². The molecule has 0 aliphatic rings. The zero-order valence-electron chi connectivity index (χ0n) is 17.4. The number of nitrogens with zero attached hydrogens (tertiary/aromatic N) is 3. The first-order valence-electron chi connectivity index (χ1n) is 9.93. The number of nitrogens with one attached hydrogen (secondary N) is 3. The van der Waals surface area contributed by atoms with E-state index in [1.165, 1.54) is 0 Å². The largest absolute Gasteiger partial charge is 0.324 e. The summed E-state index contributed by atoms with van der Waals surface area (Å²) in [6, 6.07) is 23.0. The van der Waals surface area contributed by atoms with Gasteiger partial charge in [0.15, 0.2) is 0 Å². The van der Waals surface area contributed by atoms with Crippen molar-refractivity contribution in [2.45, 2.75) is 20.5 Å². The van der Waals surface area contributed by atoms with Crippen LogP contribution in [0.4, 0.5) is 39.3 Å². The van der Waals surface area contributed by atoms with E-state index in [2.05, 4.69) is 30.9 Å². The molecule has 0 unspecified atom stereocenters. The molecule has 7 heteroatoms. The highest BCUT2D eigenvalue weighted by Gasteiger charge is 2.10. The van der Waals surface area contributed by atoms with Crippen LogP contribution in [-0.2, 0) is 6.67 Å². The molecule has 0 aliphatic heterocycles. The molecule has 1 heterocycles. The Balaban J connectivity index is 1.68. The predicted molar refractivity (Wildman–Crippen MR) is 123 cm³/mol. The van der Waals surface area contributed by atoms with Crippen LogP contribution in [0.2, 0.25) is 0 Å². The van der Waals surface area contributed by atoms with Gasteiger partial charge in [-0.25, -0.2) is 4.39 Å². The maximum atomic E-state index is 13.4. The van der Waals surface area contributed by atoms with Crippen molar-refractivity contribution in [2.75, 3.05) is 16.0 Å². The molecule has 3 N–H and O–H groups in total. The molecule has 156 valence electrons. The molecular weight excluding hydrogens is 391 g/mol. The van der Waals surface area contributed by atoms with Crippen LogP contribution in [0.5, 0.6) is 0 Å². The molecule has 6 nitrogen and oxygen atoms in total. The number of hydrogen-bond acceptors (Lipinski definition) is 6. The van der Waals surface area contributed by atoms with Crippen LogP contribution >= 0.6 is 0 Å². The third kappa shape index (κ3) is 5.33. The third-order valence-electron chi connectivity index (χ3n) is 4.59. The molecule has 4 rings (SSSR count). The summed E-state index contributed by atoms with van der Waals surface area (Å²) in [5.74, 6) is 1.05. The van der Waals surface area contributed by atoms with E-state index >= 15 is 0 Å². The Morgan fingerprint density at radius 1 is 0.645 bits per heavy atom.